The summed E-state index contributed by atoms with van der Waals surface area (Å²) in [5.41, 5.74) is 2.58. The Morgan fingerprint density at radius 3 is 2.10 bits per heavy atom. The highest BCUT2D eigenvalue weighted by atomic mass is 15.0. The number of hydrogen-bond donors (Lipinski definition) is 1. The summed E-state index contributed by atoms with van der Waals surface area (Å²) >= 11 is 0. The van der Waals surface area contributed by atoms with Crippen LogP contribution in [0.3, 0.4) is 0 Å². The van der Waals surface area contributed by atoms with Crippen molar-refractivity contribution < 1.29 is 0 Å². The van der Waals surface area contributed by atoms with Gasteiger partial charge >= 0.3 is 0 Å². The molecule has 1 heterocycles. The number of hydrogen-bond acceptors (Lipinski definition) is 2. The fourth-order valence-corrected chi connectivity index (χ4v) is 2.41. The summed E-state index contributed by atoms with van der Waals surface area (Å²) in [5, 5.41) is 3.53. The van der Waals surface area contributed by atoms with Gasteiger partial charge in [0.2, 0.25) is 0 Å². The Kier molecular flexibility index (Phi) is 4.27. The van der Waals surface area contributed by atoms with Gasteiger partial charge in [0.1, 0.15) is 5.82 Å². The van der Waals surface area contributed by atoms with Gasteiger partial charge in [-0.3, -0.25) is 0 Å². The quantitative estimate of drug-likeness (QED) is 0.742. The van der Waals surface area contributed by atoms with Crippen LogP contribution < -0.4 is 5.32 Å². The molecule has 0 fully saturated rings. The molecule has 1 atom stereocenters. The van der Waals surface area contributed by atoms with Gasteiger partial charge in [-0.1, -0.05) is 66.7 Å². The van der Waals surface area contributed by atoms with Gasteiger partial charge in [-0.25, -0.2) is 4.98 Å². The number of nitrogens with zero attached hydrogens (tertiary/aromatic N) is 1. The fraction of sp³-hybridized carbons (Fsp3) is 0.105. The monoisotopic (exact) mass is 274 g/mol. The molecule has 0 aliphatic rings. The van der Waals surface area contributed by atoms with Crippen LogP contribution in [0.5, 0.6) is 0 Å². The molecular weight excluding hydrogens is 256 g/mol. The molecule has 104 valence electrons. The van der Waals surface area contributed by atoms with Crippen molar-refractivity contribution in [3.63, 3.8) is 0 Å². The molecule has 1 aromatic heterocycles. The number of rotatable bonds is 5. The fourth-order valence-electron chi connectivity index (χ4n) is 2.41. The van der Waals surface area contributed by atoms with Crippen LogP contribution in [0.15, 0.2) is 85.1 Å². The third-order valence-corrected chi connectivity index (χ3v) is 3.47. The molecule has 0 bridgehead atoms. The first-order chi connectivity index (χ1) is 10.4. The summed E-state index contributed by atoms with van der Waals surface area (Å²) < 4.78 is 0. The SMILES string of the molecule is c1ccc(C[C@H](Nc2ccccn2)c2ccccc2)cc1. The van der Waals surface area contributed by atoms with E-state index < -0.39 is 0 Å². The standard InChI is InChI=1S/C19H18N2/c1-3-9-16(10-4-1)15-18(17-11-5-2-6-12-17)21-19-13-7-8-14-20-19/h1-14,18H,15H2,(H,20,21)/t18-/m0/s1. The molecular formula is C19H18N2. The molecule has 0 spiro atoms. The van der Waals surface area contributed by atoms with Crippen molar-refractivity contribution in [2.75, 3.05) is 5.32 Å². The average molecular weight is 274 g/mol. The third kappa shape index (κ3) is 3.69. The number of pyridine rings is 1. The van der Waals surface area contributed by atoms with Gasteiger partial charge in [0, 0.05) is 6.20 Å². The topological polar surface area (TPSA) is 24.9 Å². The lowest BCUT2D eigenvalue weighted by Crippen LogP contribution is -2.14. The second kappa shape index (κ2) is 6.71. The van der Waals surface area contributed by atoms with E-state index in [1.54, 1.807) is 0 Å². The Labute approximate surface area is 125 Å². The zero-order valence-corrected chi connectivity index (χ0v) is 11.8. The molecule has 0 saturated heterocycles. The minimum atomic E-state index is 0.212. The van der Waals surface area contributed by atoms with Crippen LogP contribution in [0.1, 0.15) is 17.2 Å². The lowest BCUT2D eigenvalue weighted by atomic mass is 9.99. The Bertz CT molecular complexity index is 609. The molecule has 0 unspecified atom stereocenters. The van der Waals surface area contributed by atoms with Gasteiger partial charge in [-0.15, -0.1) is 0 Å². The minimum Gasteiger partial charge on any atom is -0.363 e. The molecule has 3 aromatic rings. The van der Waals surface area contributed by atoms with E-state index in [0.29, 0.717) is 0 Å². The minimum absolute atomic E-state index is 0.212. The lowest BCUT2D eigenvalue weighted by Gasteiger charge is -2.20. The van der Waals surface area contributed by atoms with Crippen molar-refractivity contribution in [1.82, 2.24) is 4.98 Å². The Hall–Kier alpha value is -2.61. The molecule has 2 nitrogen and oxygen atoms in total. The third-order valence-electron chi connectivity index (χ3n) is 3.47. The Balaban J connectivity index is 1.84. The first-order valence-corrected chi connectivity index (χ1v) is 7.18. The largest absolute Gasteiger partial charge is 0.363 e. The van der Waals surface area contributed by atoms with E-state index in [1.165, 1.54) is 11.1 Å². The summed E-state index contributed by atoms with van der Waals surface area (Å²) in [5.74, 6) is 0.905. The van der Waals surface area contributed by atoms with Crippen LogP contribution in [0, 0.1) is 0 Å². The molecule has 1 N–H and O–H groups in total. The molecule has 2 aromatic carbocycles. The van der Waals surface area contributed by atoms with E-state index in [2.05, 4.69) is 58.8 Å². The molecule has 2 heteroatoms. The van der Waals surface area contributed by atoms with Crippen LogP contribution in [0.4, 0.5) is 5.82 Å². The first kappa shape index (κ1) is 13.4. The summed E-state index contributed by atoms with van der Waals surface area (Å²) in [6.45, 7) is 0. The van der Waals surface area contributed by atoms with E-state index in [1.807, 2.05) is 36.5 Å². The second-order valence-electron chi connectivity index (χ2n) is 5.01. The summed E-state index contributed by atoms with van der Waals surface area (Å²) in [6.07, 6.45) is 2.74. The molecule has 21 heavy (non-hydrogen) atoms. The summed E-state index contributed by atoms with van der Waals surface area (Å²) in [6, 6.07) is 27.2. The average Bonchev–Trinajstić information content (AvgIpc) is 2.57. The van der Waals surface area contributed by atoms with Crippen molar-refractivity contribution in [3.8, 4) is 0 Å². The van der Waals surface area contributed by atoms with E-state index in [-0.39, 0.29) is 6.04 Å². The normalized spacial score (nSPS) is 11.8. The molecule has 0 radical (unpaired) electrons. The van der Waals surface area contributed by atoms with Crippen molar-refractivity contribution in [2.45, 2.75) is 12.5 Å². The Morgan fingerprint density at radius 1 is 0.762 bits per heavy atom. The van der Waals surface area contributed by atoms with E-state index in [0.717, 1.165) is 12.2 Å². The van der Waals surface area contributed by atoms with Gasteiger partial charge in [-0.05, 0) is 29.7 Å². The Morgan fingerprint density at radius 2 is 1.43 bits per heavy atom. The first-order valence-electron chi connectivity index (χ1n) is 7.18. The molecule has 0 aliphatic carbocycles. The molecule has 0 saturated carbocycles. The summed E-state index contributed by atoms with van der Waals surface area (Å²) in [7, 11) is 0. The van der Waals surface area contributed by atoms with Crippen molar-refractivity contribution >= 4 is 5.82 Å². The number of aromatic nitrogens is 1. The van der Waals surface area contributed by atoms with Crippen LogP contribution in [-0.2, 0) is 6.42 Å². The smallest absolute Gasteiger partial charge is 0.126 e. The highest BCUT2D eigenvalue weighted by Crippen LogP contribution is 2.22. The number of anilines is 1. The lowest BCUT2D eigenvalue weighted by molar-refractivity contribution is 0.770. The number of benzene rings is 2. The predicted octanol–water partition coefficient (Wildman–Crippen LogP) is 4.48. The highest BCUT2D eigenvalue weighted by molar-refractivity contribution is 5.39. The van der Waals surface area contributed by atoms with E-state index in [4.69, 9.17) is 0 Å². The van der Waals surface area contributed by atoms with Gasteiger partial charge in [0.05, 0.1) is 6.04 Å². The van der Waals surface area contributed by atoms with Crippen molar-refractivity contribution in [1.29, 1.82) is 0 Å². The van der Waals surface area contributed by atoms with Crippen molar-refractivity contribution in [3.05, 3.63) is 96.2 Å². The van der Waals surface area contributed by atoms with Crippen LogP contribution in [-0.4, -0.2) is 4.98 Å². The zero-order chi connectivity index (χ0) is 14.3. The van der Waals surface area contributed by atoms with E-state index >= 15 is 0 Å². The summed E-state index contributed by atoms with van der Waals surface area (Å²) in [4.78, 5) is 4.37. The van der Waals surface area contributed by atoms with Gasteiger partial charge in [0.15, 0.2) is 0 Å². The maximum absolute atomic E-state index is 4.37. The van der Waals surface area contributed by atoms with Crippen molar-refractivity contribution in [2.24, 2.45) is 0 Å². The molecule has 0 aliphatic heterocycles. The van der Waals surface area contributed by atoms with E-state index in [9.17, 15) is 0 Å². The van der Waals surface area contributed by atoms with Gasteiger partial charge in [0.25, 0.3) is 0 Å². The van der Waals surface area contributed by atoms with Gasteiger partial charge in [-0.2, -0.15) is 0 Å². The second-order valence-corrected chi connectivity index (χ2v) is 5.01. The van der Waals surface area contributed by atoms with Crippen LogP contribution in [0.2, 0.25) is 0 Å². The number of nitrogens with one attached hydrogen (secondary N) is 1. The maximum Gasteiger partial charge on any atom is 0.126 e. The zero-order valence-electron chi connectivity index (χ0n) is 11.8. The van der Waals surface area contributed by atoms with Gasteiger partial charge < -0.3 is 5.32 Å². The van der Waals surface area contributed by atoms with Crippen LogP contribution >= 0.6 is 0 Å². The molecule has 3 rings (SSSR count). The molecule has 0 amide bonds. The van der Waals surface area contributed by atoms with Crippen LogP contribution in [0.25, 0.3) is 0 Å². The highest BCUT2D eigenvalue weighted by Gasteiger charge is 2.12. The maximum atomic E-state index is 4.37. The predicted molar refractivity (Wildman–Crippen MR) is 87.2 cm³/mol.